The minimum Gasteiger partial charge on any atom is -0.369 e. The van der Waals surface area contributed by atoms with Crippen molar-refractivity contribution in [1.82, 2.24) is 15.5 Å². The van der Waals surface area contributed by atoms with E-state index >= 15 is 0 Å². The molecule has 1 amide bonds. The fourth-order valence-corrected chi connectivity index (χ4v) is 3.53. The van der Waals surface area contributed by atoms with Crippen LogP contribution in [0.15, 0.2) is 29.3 Å². The molecular formula is C21H32F3N5O. The second kappa shape index (κ2) is 11.2. The van der Waals surface area contributed by atoms with Crippen LogP contribution >= 0.6 is 0 Å². The van der Waals surface area contributed by atoms with Gasteiger partial charge in [0.25, 0.3) is 0 Å². The average Bonchev–Trinajstić information content (AvgIpc) is 2.68. The number of alkyl halides is 3. The highest BCUT2D eigenvalue weighted by atomic mass is 19.4. The Morgan fingerprint density at radius 3 is 2.63 bits per heavy atom. The summed E-state index contributed by atoms with van der Waals surface area (Å²) in [6, 6.07) is 5.75. The fourth-order valence-electron chi connectivity index (χ4n) is 3.53. The van der Waals surface area contributed by atoms with Crippen LogP contribution in [0.3, 0.4) is 0 Å². The van der Waals surface area contributed by atoms with E-state index in [1.165, 1.54) is 12.1 Å². The maximum Gasteiger partial charge on any atom is 0.416 e. The number of benzene rings is 1. The van der Waals surface area contributed by atoms with Gasteiger partial charge in [-0.15, -0.1) is 0 Å². The third-order valence-electron chi connectivity index (χ3n) is 5.27. The Balaban J connectivity index is 1.87. The second-order valence-corrected chi connectivity index (χ2v) is 7.73. The minimum atomic E-state index is -4.33. The summed E-state index contributed by atoms with van der Waals surface area (Å²) >= 11 is 0. The molecule has 1 aromatic rings. The van der Waals surface area contributed by atoms with Crippen molar-refractivity contribution in [3.8, 4) is 0 Å². The number of rotatable bonds is 8. The number of hydrogen-bond acceptors (Lipinski definition) is 3. The van der Waals surface area contributed by atoms with Crippen LogP contribution in [0.4, 0.5) is 13.2 Å². The van der Waals surface area contributed by atoms with E-state index in [2.05, 4.69) is 15.6 Å². The molecule has 1 saturated heterocycles. The number of likely N-dealkylation sites (tertiary alicyclic amines) is 1. The zero-order chi connectivity index (χ0) is 22.1. The van der Waals surface area contributed by atoms with Gasteiger partial charge in [-0.3, -0.25) is 14.7 Å². The third kappa shape index (κ3) is 7.85. The van der Waals surface area contributed by atoms with Gasteiger partial charge in [0.1, 0.15) is 0 Å². The number of carbonyl (C=O) groups excluding carboxylic acids is 1. The standard InChI is InChI=1S/C21H32F3N5O/c1-3-26-20(28-18-8-11-29(12-9-18)14-19(25)30)27-10-7-15(2)16-5-4-6-17(13-16)21(22,23)24/h4-6,13,15,18H,3,7-12,14H2,1-2H3,(H2,25,30)(H2,26,27,28). The van der Waals surface area contributed by atoms with Gasteiger partial charge in [-0.1, -0.05) is 25.1 Å². The number of primary amides is 1. The monoisotopic (exact) mass is 427 g/mol. The van der Waals surface area contributed by atoms with Crippen molar-refractivity contribution in [3.05, 3.63) is 35.4 Å². The van der Waals surface area contributed by atoms with Crippen LogP contribution in [-0.2, 0) is 11.0 Å². The Kier molecular flexibility index (Phi) is 8.95. The molecule has 2 rings (SSSR count). The van der Waals surface area contributed by atoms with Gasteiger partial charge in [0.2, 0.25) is 5.91 Å². The molecule has 1 unspecified atom stereocenters. The molecule has 0 aromatic heterocycles. The van der Waals surface area contributed by atoms with Gasteiger partial charge in [-0.25, -0.2) is 0 Å². The van der Waals surface area contributed by atoms with Gasteiger partial charge in [0, 0.05) is 32.2 Å². The fraction of sp³-hybridized carbons (Fsp3) is 0.619. The Morgan fingerprint density at radius 1 is 1.33 bits per heavy atom. The van der Waals surface area contributed by atoms with E-state index in [0.717, 1.165) is 38.5 Å². The van der Waals surface area contributed by atoms with E-state index in [-0.39, 0.29) is 24.4 Å². The molecule has 1 aliphatic rings. The summed E-state index contributed by atoms with van der Waals surface area (Å²) in [6.45, 7) is 7.01. The van der Waals surface area contributed by atoms with Crippen molar-refractivity contribution in [2.45, 2.75) is 51.2 Å². The van der Waals surface area contributed by atoms with E-state index in [1.807, 2.05) is 18.7 Å². The summed E-state index contributed by atoms with van der Waals surface area (Å²) < 4.78 is 38.8. The van der Waals surface area contributed by atoms with Crippen LogP contribution in [0.5, 0.6) is 0 Å². The number of nitrogens with zero attached hydrogens (tertiary/aromatic N) is 2. The number of hydrogen-bond donors (Lipinski definition) is 3. The number of amides is 1. The molecule has 0 radical (unpaired) electrons. The number of halogens is 3. The number of carbonyl (C=O) groups is 1. The molecule has 0 bridgehead atoms. The Labute approximate surface area is 176 Å². The molecule has 0 saturated carbocycles. The zero-order valence-electron chi connectivity index (χ0n) is 17.6. The van der Waals surface area contributed by atoms with Gasteiger partial charge in [0.15, 0.2) is 5.96 Å². The maximum absolute atomic E-state index is 12.9. The molecule has 6 nitrogen and oxygen atoms in total. The van der Waals surface area contributed by atoms with Crippen LogP contribution in [0.2, 0.25) is 0 Å². The third-order valence-corrected chi connectivity index (χ3v) is 5.27. The van der Waals surface area contributed by atoms with Gasteiger partial charge < -0.3 is 16.4 Å². The molecule has 1 atom stereocenters. The average molecular weight is 428 g/mol. The van der Waals surface area contributed by atoms with Crippen molar-refractivity contribution >= 4 is 11.9 Å². The molecule has 9 heteroatoms. The van der Waals surface area contributed by atoms with Crippen LogP contribution < -0.4 is 16.4 Å². The van der Waals surface area contributed by atoms with Gasteiger partial charge >= 0.3 is 6.18 Å². The first-order chi connectivity index (χ1) is 14.2. The molecule has 1 aromatic carbocycles. The highest BCUT2D eigenvalue weighted by molar-refractivity contribution is 5.80. The van der Waals surface area contributed by atoms with E-state index in [4.69, 9.17) is 5.73 Å². The predicted molar refractivity (Wildman–Crippen MR) is 112 cm³/mol. The Morgan fingerprint density at radius 2 is 2.03 bits per heavy atom. The molecule has 4 N–H and O–H groups in total. The number of piperidine rings is 1. The molecular weight excluding hydrogens is 395 g/mol. The number of guanidine groups is 1. The van der Waals surface area contributed by atoms with E-state index < -0.39 is 11.7 Å². The van der Waals surface area contributed by atoms with Crippen molar-refractivity contribution in [3.63, 3.8) is 0 Å². The molecule has 30 heavy (non-hydrogen) atoms. The number of aliphatic imine (C=N–C) groups is 1. The molecule has 168 valence electrons. The zero-order valence-corrected chi connectivity index (χ0v) is 17.6. The lowest BCUT2D eigenvalue weighted by Gasteiger charge is -2.32. The van der Waals surface area contributed by atoms with E-state index in [0.29, 0.717) is 24.5 Å². The van der Waals surface area contributed by atoms with Crippen LogP contribution in [-0.4, -0.2) is 55.5 Å². The summed E-state index contributed by atoms with van der Waals surface area (Å²) in [5.41, 5.74) is 5.30. The van der Waals surface area contributed by atoms with E-state index in [1.54, 1.807) is 6.07 Å². The van der Waals surface area contributed by atoms with Crippen LogP contribution in [0, 0.1) is 0 Å². The largest absolute Gasteiger partial charge is 0.416 e. The van der Waals surface area contributed by atoms with Gasteiger partial charge in [-0.2, -0.15) is 13.2 Å². The molecule has 1 fully saturated rings. The molecule has 1 heterocycles. The second-order valence-electron chi connectivity index (χ2n) is 7.73. The summed E-state index contributed by atoms with van der Waals surface area (Å²) in [7, 11) is 0. The SMILES string of the molecule is CCNC(=NCCC(C)c1cccc(C(F)(F)F)c1)NC1CCN(CC(N)=O)CC1. The smallest absolute Gasteiger partial charge is 0.369 e. The Hall–Kier alpha value is -2.29. The van der Waals surface area contributed by atoms with Gasteiger partial charge in [0.05, 0.1) is 12.1 Å². The van der Waals surface area contributed by atoms with Crippen molar-refractivity contribution in [2.75, 3.05) is 32.7 Å². The summed E-state index contributed by atoms with van der Waals surface area (Å²) in [5, 5.41) is 6.64. The maximum atomic E-state index is 12.9. The molecule has 0 spiro atoms. The first-order valence-electron chi connectivity index (χ1n) is 10.4. The number of nitrogens with two attached hydrogens (primary N) is 1. The van der Waals surface area contributed by atoms with Crippen molar-refractivity contribution in [1.29, 1.82) is 0 Å². The quantitative estimate of drug-likeness (QED) is 0.440. The summed E-state index contributed by atoms with van der Waals surface area (Å²) in [6.07, 6.45) is -1.91. The first-order valence-corrected chi connectivity index (χ1v) is 10.4. The highest BCUT2D eigenvalue weighted by Gasteiger charge is 2.30. The lowest BCUT2D eigenvalue weighted by molar-refractivity contribution is -0.137. The lowest BCUT2D eigenvalue weighted by Crippen LogP contribution is -2.49. The first kappa shape index (κ1) is 24.0. The van der Waals surface area contributed by atoms with Crippen molar-refractivity contribution < 1.29 is 18.0 Å². The highest BCUT2D eigenvalue weighted by Crippen LogP contribution is 2.31. The summed E-state index contributed by atoms with van der Waals surface area (Å²) in [4.78, 5) is 17.7. The Bertz CT molecular complexity index is 715. The van der Waals surface area contributed by atoms with Crippen molar-refractivity contribution in [2.24, 2.45) is 10.7 Å². The summed E-state index contributed by atoms with van der Waals surface area (Å²) in [5.74, 6) is 0.365. The molecule has 0 aliphatic carbocycles. The van der Waals surface area contributed by atoms with E-state index in [9.17, 15) is 18.0 Å². The number of nitrogens with one attached hydrogen (secondary N) is 2. The van der Waals surface area contributed by atoms with Gasteiger partial charge in [-0.05, 0) is 43.7 Å². The lowest BCUT2D eigenvalue weighted by atomic mass is 9.96. The predicted octanol–water partition coefficient (Wildman–Crippen LogP) is 2.70. The minimum absolute atomic E-state index is 0.0315. The van der Waals surface area contributed by atoms with Crippen LogP contribution in [0.1, 0.15) is 50.2 Å². The molecule has 1 aliphatic heterocycles. The normalized spacial score (nSPS) is 17.6. The topological polar surface area (TPSA) is 82.8 Å². The van der Waals surface area contributed by atoms with Crippen LogP contribution in [0.25, 0.3) is 0 Å².